The molecule has 0 saturated carbocycles. The molecular formula is C23H29N3O2. The number of amides is 2. The van der Waals surface area contributed by atoms with Crippen LogP contribution in [-0.2, 0) is 0 Å². The van der Waals surface area contributed by atoms with Crippen LogP contribution in [0.15, 0.2) is 30.5 Å². The molecule has 3 rings (SSSR count). The third kappa shape index (κ3) is 4.24. The minimum atomic E-state index is -0.296. The van der Waals surface area contributed by atoms with Gasteiger partial charge >= 0.3 is 0 Å². The fraction of sp³-hybridized carbons (Fsp3) is 0.435. The molecule has 0 spiro atoms. The summed E-state index contributed by atoms with van der Waals surface area (Å²) in [6, 6.07) is 7.67. The summed E-state index contributed by atoms with van der Waals surface area (Å²) in [5, 5.41) is 2.96. The van der Waals surface area contributed by atoms with E-state index in [2.05, 4.69) is 17.2 Å². The van der Waals surface area contributed by atoms with Gasteiger partial charge in [-0.1, -0.05) is 24.6 Å². The van der Waals surface area contributed by atoms with Gasteiger partial charge in [-0.2, -0.15) is 0 Å². The van der Waals surface area contributed by atoms with Crippen molar-refractivity contribution < 1.29 is 9.59 Å². The number of hydrogen-bond donors (Lipinski definition) is 1. The zero-order valence-electron chi connectivity index (χ0n) is 17.2. The van der Waals surface area contributed by atoms with E-state index in [1.54, 1.807) is 18.3 Å². The number of benzene rings is 1. The number of likely N-dealkylation sites (tertiary alicyclic amines) is 1. The maximum atomic E-state index is 13.0. The molecule has 1 aromatic heterocycles. The number of carbonyl (C=O) groups excluding carboxylic acids is 2. The van der Waals surface area contributed by atoms with Gasteiger partial charge < -0.3 is 10.2 Å². The van der Waals surface area contributed by atoms with Crippen LogP contribution in [0.25, 0.3) is 0 Å². The maximum Gasteiger partial charge on any atom is 0.274 e. The van der Waals surface area contributed by atoms with Crippen molar-refractivity contribution >= 4 is 17.5 Å². The molecule has 1 unspecified atom stereocenters. The first-order valence-electron chi connectivity index (χ1n) is 10.1. The number of anilines is 1. The topological polar surface area (TPSA) is 62.3 Å². The first-order chi connectivity index (χ1) is 13.4. The summed E-state index contributed by atoms with van der Waals surface area (Å²) in [5.74, 6) is -0.305. The Bertz CT molecular complexity index is 868. The van der Waals surface area contributed by atoms with Crippen LogP contribution >= 0.6 is 0 Å². The molecule has 2 aromatic rings. The van der Waals surface area contributed by atoms with Crippen molar-refractivity contribution in [3.8, 4) is 0 Å². The van der Waals surface area contributed by atoms with Crippen molar-refractivity contribution in [3.05, 3.63) is 58.4 Å². The quantitative estimate of drug-likeness (QED) is 0.840. The van der Waals surface area contributed by atoms with E-state index in [1.807, 2.05) is 37.8 Å². The smallest absolute Gasteiger partial charge is 0.274 e. The van der Waals surface area contributed by atoms with Crippen molar-refractivity contribution in [2.24, 2.45) is 0 Å². The van der Waals surface area contributed by atoms with Crippen molar-refractivity contribution in [2.75, 3.05) is 11.9 Å². The Labute approximate surface area is 167 Å². The number of aromatic nitrogens is 1. The summed E-state index contributed by atoms with van der Waals surface area (Å²) in [4.78, 5) is 31.9. The SMILES string of the molecule is CCC1CCCCN1C(=O)c1ccnc(C(=O)Nc2c(C)cc(C)cc2C)c1. The molecule has 1 aromatic carbocycles. The van der Waals surface area contributed by atoms with Gasteiger partial charge in [0.2, 0.25) is 0 Å². The third-order valence-corrected chi connectivity index (χ3v) is 5.51. The number of nitrogens with zero attached hydrogens (tertiary/aromatic N) is 2. The van der Waals surface area contributed by atoms with Crippen LogP contribution in [0.3, 0.4) is 0 Å². The third-order valence-electron chi connectivity index (χ3n) is 5.51. The molecule has 5 heteroatoms. The van der Waals surface area contributed by atoms with Crippen LogP contribution in [-0.4, -0.2) is 34.3 Å². The standard InChI is InChI=1S/C23H29N3O2/c1-5-19-8-6-7-11-26(19)23(28)18-9-10-24-20(14-18)22(27)25-21-16(3)12-15(2)13-17(21)4/h9-10,12-14,19H,5-8,11H2,1-4H3,(H,25,27). The summed E-state index contributed by atoms with van der Waals surface area (Å²) < 4.78 is 0. The van der Waals surface area contributed by atoms with E-state index in [9.17, 15) is 9.59 Å². The molecule has 28 heavy (non-hydrogen) atoms. The molecule has 1 saturated heterocycles. The normalized spacial score (nSPS) is 16.7. The molecule has 2 heterocycles. The summed E-state index contributed by atoms with van der Waals surface area (Å²) in [5.41, 5.74) is 4.77. The fourth-order valence-corrected chi connectivity index (χ4v) is 4.10. The van der Waals surface area contributed by atoms with E-state index in [0.717, 1.165) is 48.2 Å². The predicted octanol–water partition coefficient (Wildman–Crippen LogP) is 4.66. The van der Waals surface area contributed by atoms with Crippen LogP contribution in [0.2, 0.25) is 0 Å². The summed E-state index contributed by atoms with van der Waals surface area (Å²) in [6.45, 7) is 8.89. The Hall–Kier alpha value is -2.69. The van der Waals surface area contributed by atoms with Gasteiger partial charge in [0.25, 0.3) is 11.8 Å². The van der Waals surface area contributed by atoms with E-state index in [4.69, 9.17) is 0 Å². The number of pyridine rings is 1. The highest BCUT2D eigenvalue weighted by Crippen LogP contribution is 2.24. The Kier molecular flexibility index (Phi) is 6.12. The van der Waals surface area contributed by atoms with Crippen molar-refractivity contribution in [1.82, 2.24) is 9.88 Å². The Balaban J connectivity index is 1.81. The minimum Gasteiger partial charge on any atom is -0.336 e. The number of hydrogen-bond acceptors (Lipinski definition) is 3. The van der Waals surface area contributed by atoms with Crippen molar-refractivity contribution in [1.29, 1.82) is 0 Å². The molecule has 0 radical (unpaired) electrons. The van der Waals surface area contributed by atoms with Crippen LogP contribution in [0.4, 0.5) is 5.69 Å². The van der Waals surface area contributed by atoms with Gasteiger partial charge in [-0.05, 0) is 69.7 Å². The lowest BCUT2D eigenvalue weighted by molar-refractivity contribution is 0.0608. The summed E-state index contributed by atoms with van der Waals surface area (Å²) in [6.07, 6.45) is 5.75. The molecule has 1 N–H and O–H groups in total. The van der Waals surface area contributed by atoms with Gasteiger partial charge in [-0.3, -0.25) is 14.6 Å². The predicted molar refractivity (Wildman–Crippen MR) is 112 cm³/mol. The summed E-state index contributed by atoms with van der Waals surface area (Å²) >= 11 is 0. The lowest BCUT2D eigenvalue weighted by Crippen LogP contribution is -2.43. The highest BCUT2D eigenvalue weighted by molar-refractivity contribution is 6.05. The average molecular weight is 380 g/mol. The van der Waals surface area contributed by atoms with E-state index in [-0.39, 0.29) is 23.6 Å². The van der Waals surface area contributed by atoms with Gasteiger partial charge in [0, 0.05) is 30.0 Å². The van der Waals surface area contributed by atoms with E-state index in [1.165, 1.54) is 6.42 Å². The Morgan fingerprint density at radius 3 is 2.54 bits per heavy atom. The van der Waals surface area contributed by atoms with E-state index >= 15 is 0 Å². The molecule has 1 atom stereocenters. The van der Waals surface area contributed by atoms with Crippen LogP contribution in [0.1, 0.15) is 70.1 Å². The van der Waals surface area contributed by atoms with E-state index < -0.39 is 0 Å². The monoisotopic (exact) mass is 379 g/mol. The molecule has 2 amide bonds. The van der Waals surface area contributed by atoms with Gasteiger partial charge in [-0.25, -0.2) is 0 Å². The average Bonchev–Trinajstić information content (AvgIpc) is 2.70. The lowest BCUT2D eigenvalue weighted by atomic mass is 9.99. The summed E-state index contributed by atoms with van der Waals surface area (Å²) in [7, 11) is 0. The highest BCUT2D eigenvalue weighted by Gasteiger charge is 2.26. The Morgan fingerprint density at radius 2 is 1.86 bits per heavy atom. The molecule has 1 aliphatic heterocycles. The number of carbonyl (C=O) groups is 2. The first-order valence-corrected chi connectivity index (χ1v) is 10.1. The zero-order valence-corrected chi connectivity index (χ0v) is 17.2. The largest absolute Gasteiger partial charge is 0.336 e. The minimum absolute atomic E-state index is 0.00861. The second-order valence-electron chi connectivity index (χ2n) is 7.71. The number of piperidine rings is 1. The lowest BCUT2D eigenvalue weighted by Gasteiger charge is -2.35. The Morgan fingerprint density at radius 1 is 1.14 bits per heavy atom. The van der Waals surface area contributed by atoms with Gasteiger partial charge in [0.1, 0.15) is 5.69 Å². The maximum absolute atomic E-state index is 13.0. The van der Waals surface area contributed by atoms with Gasteiger partial charge in [-0.15, -0.1) is 0 Å². The molecule has 1 fully saturated rings. The fourth-order valence-electron chi connectivity index (χ4n) is 4.10. The van der Waals surface area contributed by atoms with Crippen LogP contribution in [0, 0.1) is 20.8 Å². The van der Waals surface area contributed by atoms with Crippen LogP contribution in [0.5, 0.6) is 0 Å². The number of aryl methyl sites for hydroxylation is 3. The van der Waals surface area contributed by atoms with Crippen LogP contribution < -0.4 is 5.32 Å². The molecular weight excluding hydrogens is 350 g/mol. The second-order valence-corrected chi connectivity index (χ2v) is 7.71. The molecule has 148 valence electrons. The highest BCUT2D eigenvalue weighted by atomic mass is 16.2. The first kappa shape index (κ1) is 20.1. The van der Waals surface area contributed by atoms with Gasteiger partial charge in [0.05, 0.1) is 0 Å². The molecule has 0 aliphatic carbocycles. The van der Waals surface area contributed by atoms with E-state index in [0.29, 0.717) is 5.56 Å². The molecule has 1 aliphatic rings. The second kappa shape index (κ2) is 8.55. The number of nitrogens with one attached hydrogen (secondary N) is 1. The number of rotatable bonds is 4. The van der Waals surface area contributed by atoms with Gasteiger partial charge in [0.15, 0.2) is 0 Å². The van der Waals surface area contributed by atoms with Crippen molar-refractivity contribution in [3.63, 3.8) is 0 Å². The molecule has 0 bridgehead atoms. The molecule has 5 nitrogen and oxygen atoms in total. The van der Waals surface area contributed by atoms with Crippen molar-refractivity contribution in [2.45, 2.75) is 59.4 Å². The zero-order chi connectivity index (χ0) is 20.3.